The number of hydrogen-bond acceptors (Lipinski definition) is 4. The van der Waals surface area contributed by atoms with Crippen LogP contribution in [-0.2, 0) is 32.4 Å². The minimum Gasteiger partial charge on any atom is -0.343 e. The van der Waals surface area contributed by atoms with Gasteiger partial charge >= 0.3 is 0 Å². The zero-order chi connectivity index (χ0) is 14.9. The molecule has 0 aromatic carbocycles. The number of aromatic nitrogens is 5. The highest BCUT2D eigenvalue weighted by atomic mass is 16.1. The molecule has 1 amide bonds. The predicted octanol–water partition coefficient (Wildman–Crippen LogP) is 1.15. The van der Waals surface area contributed by atoms with Crippen molar-refractivity contribution in [3.63, 3.8) is 0 Å². The average Bonchev–Trinajstić information content (AvgIpc) is 3.17. The normalized spacial score (nSPS) is 16.9. The van der Waals surface area contributed by atoms with Crippen molar-refractivity contribution >= 4 is 5.91 Å². The molecule has 0 saturated heterocycles. The Morgan fingerprint density at radius 3 is 2.95 bits per heavy atom. The Morgan fingerprint density at radius 2 is 2.00 bits per heavy atom. The highest BCUT2D eigenvalue weighted by Crippen LogP contribution is 2.22. The molecule has 7 nitrogen and oxygen atoms in total. The Kier molecular flexibility index (Phi) is 3.40. The smallest absolute Gasteiger partial charge is 0.272 e. The zero-order valence-corrected chi connectivity index (χ0v) is 12.6. The van der Waals surface area contributed by atoms with Crippen LogP contribution in [0.1, 0.15) is 59.1 Å². The molecule has 22 heavy (non-hydrogen) atoms. The molecule has 2 aromatic heterocycles. The van der Waals surface area contributed by atoms with E-state index in [4.69, 9.17) is 0 Å². The third-order valence-electron chi connectivity index (χ3n) is 4.61. The van der Waals surface area contributed by atoms with Gasteiger partial charge in [-0.25, -0.2) is 0 Å². The SMILES string of the molecule is O=C(NCc1nnc2n1CCCC2)c1n[nH]c2c1CCCC2. The molecule has 0 fully saturated rings. The number of carbonyl (C=O) groups is 1. The first-order valence-electron chi connectivity index (χ1n) is 8.08. The fraction of sp³-hybridized carbons (Fsp3) is 0.600. The van der Waals surface area contributed by atoms with Crippen molar-refractivity contribution in [3.8, 4) is 0 Å². The number of aryl methyl sites for hydroxylation is 2. The van der Waals surface area contributed by atoms with E-state index in [-0.39, 0.29) is 5.91 Å². The maximum Gasteiger partial charge on any atom is 0.272 e. The van der Waals surface area contributed by atoms with E-state index in [1.807, 2.05) is 0 Å². The van der Waals surface area contributed by atoms with E-state index in [9.17, 15) is 4.79 Å². The van der Waals surface area contributed by atoms with Crippen molar-refractivity contribution in [2.75, 3.05) is 0 Å². The van der Waals surface area contributed by atoms with Crippen LogP contribution in [0, 0.1) is 0 Å². The fourth-order valence-electron chi connectivity index (χ4n) is 3.41. The molecule has 4 rings (SSSR count). The number of carbonyl (C=O) groups excluding carboxylic acids is 1. The van der Waals surface area contributed by atoms with Gasteiger partial charge in [0.1, 0.15) is 5.82 Å². The highest BCUT2D eigenvalue weighted by molar-refractivity contribution is 5.93. The third kappa shape index (κ3) is 2.30. The van der Waals surface area contributed by atoms with Gasteiger partial charge in [-0.1, -0.05) is 0 Å². The second-order valence-electron chi connectivity index (χ2n) is 6.06. The second kappa shape index (κ2) is 5.55. The van der Waals surface area contributed by atoms with E-state index < -0.39 is 0 Å². The Labute approximate surface area is 128 Å². The van der Waals surface area contributed by atoms with Crippen LogP contribution in [0.5, 0.6) is 0 Å². The van der Waals surface area contributed by atoms with Crippen molar-refractivity contribution in [1.29, 1.82) is 0 Å². The van der Waals surface area contributed by atoms with Gasteiger partial charge in [-0.15, -0.1) is 10.2 Å². The Morgan fingerprint density at radius 1 is 1.14 bits per heavy atom. The first-order valence-corrected chi connectivity index (χ1v) is 8.08. The number of H-pyrrole nitrogens is 1. The molecule has 0 radical (unpaired) electrons. The van der Waals surface area contributed by atoms with Gasteiger partial charge < -0.3 is 9.88 Å². The van der Waals surface area contributed by atoms with Crippen LogP contribution in [0.25, 0.3) is 0 Å². The maximum atomic E-state index is 12.4. The second-order valence-corrected chi connectivity index (χ2v) is 6.06. The molecule has 0 saturated carbocycles. The van der Waals surface area contributed by atoms with Crippen molar-refractivity contribution < 1.29 is 4.79 Å². The minimum absolute atomic E-state index is 0.118. The van der Waals surface area contributed by atoms with E-state index in [1.165, 1.54) is 12.8 Å². The third-order valence-corrected chi connectivity index (χ3v) is 4.61. The van der Waals surface area contributed by atoms with Gasteiger partial charge in [0.2, 0.25) is 0 Å². The summed E-state index contributed by atoms with van der Waals surface area (Å²) in [5.74, 6) is 1.76. The first-order chi connectivity index (χ1) is 10.8. The number of amides is 1. The quantitative estimate of drug-likeness (QED) is 0.890. The van der Waals surface area contributed by atoms with Gasteiger partial charge in [0.05, 0.1) is 6.54 Å². The average molecular weight is 300 g/mol. The molecule has 1 aliphatic carbocycles. The van der Waals surface area contributed by atoms with Crippen molar-refractivity contribution in [2.45, 2.75) is 58.0 Å². The number of nitrogens with zero attached hydrogens (tertiary/aromatic N) is 4. The summed E-state index contributed by atoms with van der Waals surface area (Å²) >= 11 is 0. The Balaban J connectivity index is 1.47. The van der Waals surface area contributed by atoms with Crippen LogP contribution in [0.15, 0.2) is 0 Å². The van der Waals surface area contributed by atoms with E-state index in [0.717, 1.165) is 61.6 Å². The molecule has 2 aliphatic rings. The molecular weight excluding hydrogens is 280 g/mol. The number of fused-ring (bicyclic) bond motifs is 2. The zero-order valence-electron chi connectivity index (χ0n) is 12.6. The molecule has 2 N–H and O–H groups in total. The molecule has 0 bridgehead atoms. The molecule has 0 spiro atoms. The number of nitrogens with one attached hydrogen (secondary N) is 2. The van der Waals surface area contributed by atoms with Gasteiger partial charge in [-0.2, -0.15) is 5.10 Å². The highest BCUT2D eigenvalue weighted by Gasteiger charge is 2.22. The van der Waals surface area contributed by atoms with Crippen LogP contribution in [-0.4, -0.2) is 30.9 Å². The van der Waals surface area contributed by atoms with Gasteiger partial charge in [-0.3, -0.25) is 9.89 Å². The fourth-order valence-corrected chi connectivity index (χ4v) is 3.41. The van der Waals surface area contributed by atoms with E-state index in [2.05, 4.69) is 30.3 Å². The Bertz CT molecular complexity index is 701. The summed E-state index contributed by atoms with van der Waals surface area (Å²) in [5, 5.41) is 18.6. The van der Waals surface area contributed by atoms with Gasteiger partial charge in [0.15, 0.2) is 11.5 Å². The topological polar surface area (TPSA) is 88.5 Å². The van der Waals surface area contributed by atoms with Crippen LogP contribution >= 0.6 is 0 Å². The molecule has 2 aromatic rings. The lowest BCUT2D eigenvalue weighted by molar-refractivity contribution is 0.0943. The summed E-state index contributed by atoms with van der Waals surface area (Å²) in [4.78, 5) is 12.4. The molecule has 7 heteroatoms. The van der Waals surface area contributed by atoms with Crippen molar-refractivity contribution in [3.05, 3.63) is 28.6 Å². The molecule has 3 heterocycles. The number of hydrogen-bond donors (Lipinski definition) is 2. The summed E-state index contributed by atoms with van der Waals surface area (Å²) in [6.07, 6.45) is 7.53. The van der Waals surface area contributed by atoms with Crippen molar-refractivity contribution in [2.24, 2.45) is 0 Å². The van der Waals surface area contributed by atoms with Crippen LogP contribution in [0.3, 0.4) is 0 Å². The first kappa shape index (κ1) is 13.5. The summed E-state index contributed by atoms with van der Waals surface area (Å²) < 4.78 is 2.13. The number of aromatic amines is 1. The van der Waals surface area contributed by atoms with Crippen LogP contribution in [0.2, 0.25) is 0 Å². The summed E-state index contributed by atoms with van der Waals surface area (Å²) in [5.41, 5.74) is 2.76. The molecular formula is C15H20N6O. The number of rotatable bonds is 3. The molecule has 116 valence electrons. The van der Waals surface area contributed by atoms with Gasteiger partial charge in [0.25, 0.3) is 5.91 Å². The minimum atomic E-state index is -0.118. The lowest BCUT2D eigenvalue weighted by atomic mass is 9.96. The summed E-state index contributed by atoms with van der Waals surface area (Å²) in [7, 11) is 0. The summed E-state index contributed by atoms with van der Waals surface area (Å²) in [6.45, 7) is 1.36. The van der Waals surface area contributed by atoms with E-state index in [0.29, 0.717) is 12.2 Å². The molecule has 1 aliphatic heterocycles. The maximum absolute atomic E-state index is 12.4. The monoisotopic (exact) mass is 300 g/mol. The van der Waals surface area contributed by atoms with Crippen molar-refractivity contribution in [1.82, 2.24) is 30.3 Å². The lowest BCUT2D eigenvalue weighted by Gasteiger charge is -2.15. The standard InChI is InChI=1S/C15H20N6O/c22-15(14-10-5-1-2-6-11(10)17-20-14)16-9-13-19-18-12-7-3-4-8-21(12)13/h1-9H2,(H,16,22)(H,17,20). The largest absolute Gasteiger partial charge is 0.343 e. The lowest BCUT2D eigenvalue weighted by Crippen LogP contribution is -2.27. The van der Waals surface area contributed by atoms with Gasteiger partial charge in [-0.05, 0) is 38.5 Å². The van der Waals surface area contributed by atoms with Crippen LogP contribution < -0.4 is 5.32 Å². The van der Waals surface area contributed by atoms with E-state index >= 15 is 0 Å². The van der Waals surface area contributed by atoms with Crippen LogP contribution in [0.4, 0.5) is 0 Å². The predicted molar refractivity (Wildman–Crippen MR) is 79.4 cm³/mol. The Hall–Kier alpha value is -2.18. The molecule has 0 atom stereocenters. The van der Waals surface area contributed by atoms with E-state index in [1.54, 1.807) is 0 Å². The van der Waals surface area contributed by atoms with Gasteiger partial charge in [0, 0.05) is 24.2 Å². The molecule has 0 unspecified atom stereocenters. The summed E-state index contributed by atoms with van der Waals surface area (Å²) in [6, 6.07) is 0.